The highest BCUT2D eigenvalue weighted by Gasteiger charge is 2.06. The van der Waals surface area contributed by atoms with Crippen LogP contribution in [0.25, 0.3) is 0 Å². The van der Waals surface area contributed by atoms with Crippen molar-refractivity contribution in [3.63, 3.8) is 0 Å². The molecule has 2 N–H and O–H groups in total. The maximum atomic E-state index is 9.61. The van der Waals surface area contributed by atoms with Gasteiger partial charge in [0, 0.05) is 12.6 Å². The molecule has 0 aliphatic heterocycles. The molecule has 18 heavy (non-hydrogen) atoms. The van der Waals surface area contributed by atoms with Crippen molar-refractivity contribution in [1.29, 1.82) is 0 Å². The Bertz CT molecular complexity index is 393. The highest BCUT2D eigenvalue weighted by Crippen LogP contribution is 2.21. The number of aliphatic hydroxyl groups excluding tert-OH is 1. The second-order valence-corrected chi connectivity index (χ2v) is 6.01. The average molecular weight is 291 g/mol. The molecule has 1 heterocycles. The van der Waals surface area contributed by atoms with Gasteiger partial charge in [-0.2, -0.15) is 0 Å². The number of hydrogen-bond acceptors (Lipinski definition) is 5. The Balaban J connectivity index is 2.31. The van der Waals surface area contributed by atoms with E-state index in [2.05, 4.69) is 10.5 Å². The lowest BCUT2D eigenvalue weighted by Crippen LogP contribution is -2.34. The third-order valence-corrected chi connectivity index (χ3v) is 3.50. The van der Waals surface area contributed by atoms with Gasteiger partial charge in [-0.15, -0.1) is 11.3 Å². The molecule has 0 radical (unpaired) electrons. The van der Waals surface area contributed by atoms with Crippen LogP contribution < -0.4 is 5.32 Å². The van der Waals surface area contributed by atoms with Gasteiger partial charge in [-0.3, -0.25) is 0 Å². The fourth-order valence-corrected chi connectivity index (χ4v) is 2.18. The van der Waals surface area contributed by atoms with E-state index in [-0.39, 0.29) is 6.61 Å². The van der Waals surface area contributed by atoms with Crippen LogP contribution in [0.15, 0.2) is 17.3 Å². The molecular weight excluding hydrogens is 272 g/mol. The van der Waals surface area contributed by atoms with Gasteiger partial charge in [0.2, 0.25) is 0 Å². The van der Waals surface area contributed by atoms with Crippen LogP contribution in [0.5, 0.6) is 0 Å². The Morgan fingerprint density at radius 3 is 2.83 bits per heavy atom. The lowest BCUT2D eigenvalue weighted by molar-refractivity contribution is 0.0395. The minimum Gasteiger partial charge on any atom is -0.393 e. The number of rotatable bonds is 7. The van der Waals surface area contributed by atoms with Crippen molar-refractivity contribution >= 4 is 28.6 Å². The second-order valence-electron chi connectivity index (χ2n) is 4.29. The zero-order valence-electron chi connectivity index (χ0n) is 10.8. The quantitative estimate of drug-likeness (QED) is 0.599. The smallest absolute Gasteiger partial charge is 0.144 e. The Hall–Kier alpha value is -0.620. The van der Waals surface area contributed by atoms with Gasteiger partial charge in [0.05, 0.1) is 14.9 Å². The van der Waals surface area contributed by atoms with Gasteiger partial charge >= 0.3 is 0 Å². The number of hydrogen-bond donors (Lipinski definition) is 2. The number of nitrogens with zero attached hydrogens (tertiary/aromatic N) is 1. The summed E-state index contributed by atoms with van der Waals surface area (Å²) in [6, 6.07) is 4.06. The number of nitrogens with one attached hydrogen (secondary N) is 1. The lowest BCUT2D eigenvalue weighted by Gasteiger charge is -2.12. The molecule has 0 spiro atoms. The van der Waals surface area contributed by atoms with E-state index in [1.54, 1.807) is 0 Å². The molecule has 1 atom stereocenters. The normalized spacial score (nSPS) is 14.0. The number of halogens is 1. The zero-order chi connectivity index (χ0) is 13.5. The van der Waals surface area contributed by atoms with E-state index < -0.39 is 6.10 Å². The average Bonchev–Trinajstić information content (AvgIpc) is 2.73. The summed E-state index contributed by atoms with van der Waals surface area (Å²) in [7, 11) is 0. The van der Waals surface area contributed by atoms with Crippen LogP contribution in [0.4, 0.5) is 0 Å². The fourth-order valence-electron chi connectivity index (χ4n) is 1.20. The predicted octanol–water partition coefficient (Wildman–Crippen LogP) is 2.50. The van der Waals surface area contributed by atoms with Crippen molar-refractivity contribution in [3.05, 3.63) is 21.3 Å². The molecule has 1 aromatic heterocycles. The SMILES string of the molecule is C/C(=N\OCC(O)CNC(C)C)c1ccc(Cl)s1. The second kappa shape index (κ2) is 7.74. The van der Waals surface area contributed by atoms with Gasteiger partial charge in [0.15, 0.2) is 0 Å². The van der Waals surface area contributed by atoms with Gasteiger partial charge in [-0.25, -0.2) is 0 Å². The van der Waals surface area contributed by atoms with Gasteiger partial charge in [0.1, 0.15) is 12.7 Å². The first kappa shape index (κ1) is 15.4. The summed E-state index contributed by atoms with van der Waals surface area (Å²) in [5.41, 5.74) is 0.760. The lowest BCUT2D eigenvalue weighted by atomic mass is 10.3. The monoisotopic (exact) mass is 290 g/mol. The zero-order valence-corrected chi connectivity index (χ0v) is 12.4. The Labute approximate surface area is 117 Å². The summed E-state index contributed by atoms with van der Waals surface area (Å²) in [6.45, 7) is 6.57. The summed E-state index contributed by atoms with van der Waals surface area (Å²) >= 11 is 7.28. The Morgan fingerprint density at radius 2 is 2.28 bits per heavy atom. The van der Waals surface area contributed by atoms with Crippen LogP contribution >= 0.6 is 22.9 Å². The maximum absolute atomic E-state index is 9.61. The minimum atomic E-state index is -0.559. The molecule has 0 bridgehead atoms. The molecule has 0 saturated heterocycles. The molecule has 0 aromatic carbocycles. The maximum Gasteiger partial charge on any atom is 0.144 e. The van der Waals surface area contributed by atoms with E-state index in [1.165, 1.54) is 11.3 Å². The van der Waals surface area contributed by atoms with Crippen LogP contribution in [0.1, 0.15) is 25.6 Å². The van der Waals surface area contributed by atoms with Crippen molar-refractivity contribution in [2.75, 3.05) is 13.2 Å². The third-order valence-electron chi connectivity index (χ3n) is 2.16. The van der Waals surface area contributed by atoms with Crippen molar-refractivity contribution in [2.24, 2.45) is 5.16 Å². The molecule has 0 aliphatic rings. The highest BCUT2D eigenvalue weighted by molar-refractivity contribution is 7.18. The number of aliphatic hydroxyl groups is 1. The Morgan fingerprint density at radius 1 is 1.56 bits per heavy atom. The fraction of sp³-hybridized carbons (Fsp3) is 0.583. The van der Waals surface area contributed by atoms with Gasteiger partial charge < -0.3 is 15.3 Å². The standard InChI is InChI=1S/C12H19ClN2O2S/c1-8(2)14-6-10(16)7-17-15-9(3)11-4-5-12(13)18-11/h4-5,8,10,14,16H,6-7H2,1-3H3/b15-9+. The van der Waals surface area contributed by atoms with E-state index in [0.717, 1.165) is 14.9 Å². The van der Waals surface area contributed by atoms with Crippen molar-refractivity contribution in [1.82, 2.24) is 5.32 Å². The molecule has 1 rings (SSSR count). The van der Waals surface area contributed by atoms with Crippen molar-refractivity contribution < 1.29 is 9.94 Å². The van der Waals surface area contributed by atoms with Crippen LogP contribution in [0.2, 0.25) is 4.34 Å². The summed E-state index contributed by atoms with van der Waals surface area (Å²) in [5, 5.41) is 16.7. The minimum absolute atomic E-state index is 0.177. The molecule has 4 nitrogen and oxygen atoms in total. The molecule has 102 valence electrons. The summed E-state index contributed by atoms with van der Waals surface area (Å²) in [6.07, 6.45) is -0.559. The van der Waals surface area contributed by atoms with Crippen LogP contribution in [0, 0.1) is 0 Å². The summed E-state index contributed by atoms with van der Waals surface area (Å²) < 4.78 is 0.723. The van der Waals surface area contributed by atoms with E-state index in [1.807, 2.05) is 32.9 Å². The Kier molecular flexibility index (Phi) is 6.63. The predicted molar refractivity (Wildman–Crippen MR) is 76.6 cm³/mol. The van der Waals surface area contributed by atoms with Gasteiger partial charge in [-0.1, -0.05) is 30.6 Å². The molecule has 1 unspecified atom stereocenters. The molecule has 0 fully saturated rings. The molecule has 6 heteroatoms. The topological polar surface area (TPSA) is 53.9 Å². The van der Waals surface area contributed by atoms with E-state index in [9.17, 15) is 5.11 Å². The first-order valence-electron chi connectivity index (χ1n) is 5.82. The molecule has 0 aliphatic carbocycles. The molecular formula is C12H19ClN2O2S. The van der Waals surface area contributed by atoms with Gasteiger partial charge in [0.25, 0.3) is 0 Å². The number of thiophene rings is 1. The van der Waals surface area contributed by atoms with Crippen LogP contribution in [-0.4, -0.2) is 36.1 Å². The van der Waals surface area contributed by atoms with Crippen LogP contribution in [-0.2, 0) is 4.84 Å². The molecule has 0 saturated carbocycles. The van der Waals surface area contributed by atoms with E-state index >= 15 is 0 Å². The third kappa shape index (κ3) is 5.82. The van der Waals surface area contributed by atoms with E-state index in [0.29, 0.717) is 12.6 Å². The first-order valence-corrected chi connectivity index (χ1v) is 7.02. The summed E-state index contributed by atoms with van der Waals surface area (Å²) in [4.78, 5) is 6.08. The van der Waals surface area contributed by atoms with Gasteiger partial charge in [-0.05, 0) is 19.1 Å². The van der Waals surface area contributed by atoms with E-state index in [4.69, 9.17) is 16.4 Å². The van der Waals surface area contributed by atoms with Crippen molar-refractivity contribution in [3.8, 4) is 0 Å². The molecule has 0 amide bonds. The number of oxime groups is 1. The molecule has 1 aromatic rings. The van der Waals surface area contributed by atoms with Crippen molar-refractivity contribution in [2.45, 2.75) is 32.9 Å². The highest BCUT2D eigenvalue weighted by atomic mass is 35.5. The summed E-state index contributed by atoms with van der Waals surface area (Å²) in [5.74, 6) is 0. The largest absolute Gasteiger partial charge is 0.393 e. The first-order chi connectivity index (χ1) is 8.49. The van der Waals surface area contributed by atoms with Crippen LogP contribution in [0.3, 0.4) is 0 Å².